The third-order valence-corrected chi connectivity index (χ3v) is 2.84. The largest absolute Gasteiger partial charge is 0.345 e. The lowest BCUT2D eigenvalue weighted by Gasteiger charge is -2.23. The summed E-state index contributed by atoms with van der Waals surface area (Å²) in [6.45, 7) is 2.23. The number of hydrogen-bond acceptors (Lipinski definition) is 4. The fraction of sp³-hybridized carbons (Fsp3) is 0.333. The highest BCUT2D eigenvalue weighted by molar-refractivity contribution is 9.10. The van der Waals surface area contributed by atoms with E-state index in [1.165, 1.54) is 0 Å². The Morgan fingerprint density at radius 3 is 2.41 bits per heavy atom. The van der Waals surface area contributed by atoms with Crippen molar-refractivity contribution in [3.05, 3.63) is 28.2 Å². The molecule has 0 spiro atoms. The molecule has 0 aliphatic heterocycles. The van der Waals surface area contributed by atoms with Crippen molar-refractivity contribution < 1.29 is 0 Å². The van der Waals surface area contributed by atoms with E-state index in [1.807, 2.05) is 25.1 Å². The van der Waals surface area contributed by atoms with Crippen LogP contribution >= 0.6 is 15.9 Å². The number of nitrogens with zero attached hydrogens (tertiary/aromatic N) is 3. The zero-order valence-electron chi connectivity index (χ0n) is 9.52. The molecule has 1 aromatic rings. The van der Waals surface area contributed by atoms with E-state index in [-0.39, 0.29) is 19.1 Å². The van der Waals surface area contributed by atoms with Crippen LogP contribution in [0.4, 0.5) is 5.69 Å². The molecule has 0 aromatic heterocycles. The molecular weight excluding hydrogens is 280 g/mol. The highest BCUT2D eigenvalue weighted by Crippen LogP contribution is 2.28. The molecular formula is C12H13BrN4. The molecule has 0 radical (unpaired) electrons. The van der Waals surface area contributed by atoms with Gasteiger partial charge in [-0.05, 0) is 30.7 Å². The predicted molar refractivity (Wildman–Crippen MR) is 70.2 cm³/mol. The van der Waals surface area contributed by atoms with Crippen LogP contribution in [0.15, 0.2) is 22.7 Å². The number of hydrogen-bond donors (Lipinski definition) is 1. The Labute approximate surface area is 109 Å². The number of halogens is 1. The smallest absolute Gasteiger partial charge is 0.106 e. The maximum absolute atomic E-state index is 8.77. The second-order valence-corrected chi connectivity index (χ2v) is 4.58. The molecule has 0 amide bonds. The Morgan fingerprint density at radius 2 is 1.94 bits per heavy atom. The lowest BCUT2D eigenvalue weighted by Crippen LogP contribution is -2.26. The summed E-state index contributed by atoms with van der Waals surface area (Å²) >= 11 is 3.39. The molecule has 5 heteroatoms. The molecule has 0 saturated heterocycles. The Balaban J connectivity index is 3.19. The summed E-state index contributed by atoms with van der Waals surface area (Å²) in [5, 5.41) is 17.5. The van der Waals surface area contributed by atoms with Gasteiger partial charge in [-0.15, -0.1) is 0 Å². The van der Waals surface area contributed by atoms with E-state index in [1.54, 1.807) is 4.90 Å². The van der Waals surface area contributed by atoms with E-state index >= 15 is 0 Å². The molecule has 1 atom stereocenters. The van der Waals surface area contributed by atoms with Crippen LogP contribution in [0.3, 0.4) is 0 Å². The van der Waals surface area contributed by atoms with Crippen molar-refractivity contribution in [3.63, 3.8) is 0 Å². The molecule has 17 heavy (non-hydrogen) atoms. The number of nitriles is 2. The van der Waals surface area contributed by atoms with Crippen molar-refractivity contribution in [2.75, 3.05) is 18.0 Å². The second kappa shape index (κ2) is 6.24. The lowest BCUT2D eigenvalue weighted by atomic mass is 10.1. The Morgan fingerprint density at radius 1 is 1.35 bits per heavy atom. The van der Waals surface area contributed by atoms with Crippen LogP contribution in [0.5, 0.6) is 0 Å². The van der Waals surface area contributed by atoms with Gasteiger partial charge in [0.2, 0.25) is 0 Å². The first-order valence-electron chi connectivity index (χ1n) is 5.14. The van der Waals surface area contributed by atoms with Crippen LogP contribution in [0.1, 0.15) is 18.5 Å². The van der Waals surface area contributed by atoms with E-state index < -0.39 is 0 Å². The minimum absolute atomic E-state index is 0.151. The van der Waals surface area contributed by atoms with Gasteiger partial charge in [-0.2, -0.15) is 10.5 Å². The fourth-order valence-corrected chi connectivity index (χ4v) is 1.95. The van der Waals surface area contributed by atoms with Crippen molar-refractivity contribution >= 4 is 21.6 Å². The molecule has 0 aliphatic rings. The molecule has 2 N–H and O–H groups in total. The topological polar surface area (TPSA) is 76.8 Å². The van der Waals surface area contributed by atoms with E-state index in [4.69, 9.17) is 16.3 Å². The SMILES string of the molecule is CC(N)c1cc(Br)ccc1N(CC#N)CC#N. The molecule has 0 bridgehead atoms. The van der Waals surface area contributed by atoms with Crippen LogP contribution < -0.4 is 10.6 Å². The fourth-order valence-electron chi connectivity index (χ4n) is 1.58. The quantitative estimate of drug-likeness (QED) is 0.864. The van der Waals surface area contributed by atoms with Crippen molar-refractivity contribution in [3.8, 4) is 12.1 Å². The number of rotatable bonds is 4. The predicted octanol–water partition coefficient (Wildman–Crippen LogP) is 2.32. The monoisotopic (exact) mass is 292 g/mol. The molecule has 1 rings (SSSR count). The van der Waals surface area contributed by atoms with Crippen LogP contribution in [0, 0.1) is 22.7 Å². The van der Waals surface area contributed by atoms with Gasteiger partial charge >= 0.3 is 0 Å². The number of nitrogens with two attached hydrogens (primary N) is 1. The van der Waals surface area contributed by atoms with Gasteiger partial charge in [0.15, 0.2) is 0 Å². The van der Waals surface area contributed by atoms with Gasteiger partial charge in [0.05, 0.1) is 12.1 Å². The van der Waals surface area contributed by atoms with Crippen LogP contribution in [0.25, 0.3) is 0 Å². The maximum atomic E-state index is 8.77. The summed E-state index contributed by atoms with van der Waals surface area (Å²) < 4.78 is 0.933. The van der Waals surface area contributed by atoms with Crippen LogP contribution in [0.2, 0.25) is 0 Å². The first-order valence-corrected chi connectivity index (χ1v) is 5.93. The van der Waals surface area contributed by atoms with Gasteiger partial charge in [0.25, 0.3) is 0 Å². The molecule has 1 unspecified atom stereocenters. The second-order valence-electron chi connectivity index (χ2n) is 3.66. The van der Waals surface area contributed by atoms with Crippen molar-refractivity contribution in [2.45, 2.75) is 13.0 Å². The van der Waals surface area contributed by atoms with Crippen LogP contribution in [-0.2, 0) is 0 Å². The Kier molecular flexibility index (Phi) is 4.96. The molecule has 1 aromatic carbocycles. The van der Waals surface area contributed by atoms with Gasteiger partial charge in [-0.3, -0.25) is 0 Å². The average Bonchev–Trinajstić information content (AvgIpc) is 2.28. The minimum Gasteiger partial charge on any atom is -0.345 e. The summed E-state index contributed by atoms with van der Waals surface area (Å²) in [4.78, 5) is 1.71. The average molecular weight is 293 g/mol. The van der Waals surface area contributed by atoms with Crippen molar-refractivity contribution in [2.24, 2.45) is 5.73 Å². The third kappa shape index (κ3) is 3.45. The van der Waals surface area contributed by atoms with Gasteiger partial charge < -0.3 is 10.6 Å². The minimum atomic E-state index is -0.151. The van der Waals surface area contributed by atoms with Crippen LogP contribution in [-0.4, -0.2) is 13.1 Å². The molecule has 4 nitrogen and oxygen atoms in total. The number of anilines is 1. The zero-order valence-corrected chi connectivity index (χ0v) is 11.1. The highest BCUT2D eigenvalue weighted by Gasteiger charge is 2.13. The van der Waals surface area contributed by atoms with Gasteiger partial charge in [-0.25, -0.2) is 0 Å². The summed E-state index contributed by atoms with van der Waals surface area (Å²) in [6.07, 6.45) is 0. The standard InChI is InChI=1S/C12H13BrN4/c1-9(16)11-8-10(13)2-3-12(11)17(6-4-14)7-5-15/h2-3,8-9H,6-7,16H2,1H3. The van der Waals surface area contributed by atoms with E-state index in [9.17, 15) is 0 Å². The summed E-state index contributed by atoms with van der Waals surface area (Å²) in [7, 11) is 0. The summed E-state index contributed by atoms with van der Waals surface area (Å²) in [6, 6.07) is 9.63. The first-order chi connectivity index (χ1) is 8.10. The third-order valence-electron chi connectivity index (χ3n) is 2.34. The zero-order chi connectivity index (χ0) is 12.8. The highest BCUT2D eigenvalue weighted by atomic mass is 79.9. The van der Waals surface area contributed by atoms with Gasteiger partial charge in [-0.1, -0.05) is 15.9 Å². The maximum Gasteiger partial charge on any atom is 0.106 e. The number of benzene rings is 1. The van der Waals surface area contributed by atoms with Crippen molar-refractivity contribution in [1.82, 2.24) is 0 Å². The van der Waals surface area contributed by atoms with E-state index in [2.05, 4.69) is 28.1 Å². The van der Waals surface area contributed by atoms with Gasteiger partial charge in [0.1, 0.15) is 13.1 Å². The van der Waals surface area contributed by atoms with Crippen molar-refractivity contribution in [1.29, 1.82) is 10.5 Å². The molecule has 0 saturated carbocycles. The lowest BCUT2D eigenvalue weighted by molar-refractivity contribution is 0.804. The Hall–Kier alpha value is -1.56. The molecule has 0 fully saturated rings. The van der Waals surface area contributed by atoms with E-state index in [0.29, 0.717) is 0 Å². The van der Waals surface area contributed by atoms with Gasteiger partial charge in [0, 0.05) is 16.2 Å². The Bertz CT molecular complexity index is 454. The summed E-state index contributed by atoms with van der Waals surface area (Å²) in [5.41, 5.74) is 7.66. The van der Waals surface area contributed by atoms with E-state index in [0.717, 1.165) is 15.7 Å². The molecule has 88 valence electrons. The molecule has 0 heterocycles. The summed E-state index contributed by atoms with van der Waals surface area (Å²) in [5.74, 6) is 0. The first kappa shape index (κ1) is 13.5. The molecule has 0 aliphatic carbocycles. The normalized spacial score (nSPS) is 11.4.